The molecular weight excluding hydrogens is 407 g/mol. The van der Waals surface area contributed by atoms with E-state index in [4.69, 9.17) is 51.8 Å². The third-order valence-electron chi connectivity index (χ3n) is 3.52. The lowest BCUT2D eigenvalue weighted by molar-refractivity contribution is 0.0950. The number of carbonyl (C=O) groups is 1. The fourth-order valence-electron chi connectivity index (χ4n) is 2.40. The minimum Gasteiger partial charge on any atom is -0.496 e. The van der Waals surface area contributed by atoms with E-state index < -0.39 is 11.5 Å². The number of carbonyl (C=O) groups excluding carboxylic acids is 1. The van der Waals surface area contributed by atoms with E-state index in [-0.39, 0.29) is 31.5 Å². The van der Waals surface area contributed by atoms with Crippen molar-refractivity contribution in [3.8, 4) is 5.75 Å². The number of halogens is 3. The van der Waals surface area contributed by atoms with E-state index in [1.165, 1.54) is 31.4 Å². The molecule has 0 unspecified atom stereocenters. The molecule has 0 bridgehead atoms. The van der Waals surface area contributed by atoms with E-state index in [9.17, 15) is 9.59 Å². The van der Waals surface area contributed by atoms with Crippen LogP contribution in [0.4, 0.5) is 0 Å². The summed E-state index contributed by atoms with van der Waals surface area (Å²) in [6, 6.07) is 7.39. The Balaban J connectivity index is 2.33. The summed E-state index contributed by atoms with van der Waals surface area (Å²) >= 11 is 23.2. The summed E-state index contributed by atoms with van der Waals surface area (Å²) in [7, 11) is 1.41. The molecule has 128 valence electrons. The van der Waals surface area contributed by atoms with Crippen molar-refractivity contribution in [2.75, 3.05) is 7.11 Å². The minimum atomic E-state index is -0.677. The topological polar surface area (TPSA) is 64.1 Å². The molecule has 0 fully saturated rings. The van der Waals surface area contributed by atoms with Crippen LogP contribution in [-0.2, 0) is 0 Å². The number of methoxy groups -OCH3 is 1. The molecule has 0 aliphatic rings. The number of rotatable bonds is 2. The molecule has 0 spiro atoms. The number of aromatic amines is 1. The quantitative estimate of drug-likeness (QED) is 0.615. The molecule has 0 atom stereocenters. The molecule has 3 aromatic rings. The number of ether oxygens (including phenoxy) is 1. The highest BCUT2D eigenvalue weighted by Crippen LogP contribution is 2.26. The number of H-pyrrole nitrogens is 1. The van der Waals surface area contributed by atoms with Crippen LogP contribution in [0.5, 0.6) is 5.75 Å². The van der Waals surface area contributed by atoms with E-state index >= 15 is 0 Å². The summed E-state index contributed by atoms with van der Waals surface area (Å²) in [4.78, 5) is 28.5. The first-order chi connectivity index (χ1) is 11.8. The van der Waals surface area contributed by atoms with Crippen molar-refractivity contribution < 1.29 is 9.53 Å². The van der Waals surface area contributed by atoms with Crippen molar-refractivity contribution >= 4 is 63.8 Å². The van der Waals surface area contributed by atoms with Crippen molar-refractivity contribution in [2.24, 2.45) is 0 Å². The lowest BCUT2D eigenvalue weighted by Crippen LogP contribution is -2.29. The van der Waals surface area contributed by atoms with Gasteiger partial charge in [-0.1, -0.05) is 34.8 Å². The molecule has 0 radical (unpaired) electrons. The van der Waals surface area contributed by atoms with Crippen LogP contribution in [0.25, 0.3) is 10.9 Å². The fourth-order valence-corrected chi connectivity index (χ4v) is 3.38. The Kier molecular flexibility index (Phi) is 4.88. The highest BCUT2D eigenvalue weighted by molar-refractivity contribution is 7.71. The average molecular weight is 416 g/mol. The third kappa shape index (κ3) is 3.18. The SMILES string of the molecule is COc1ccc(Cl)cc1C(=O)n1c(=S)[nH]c2c(Cl)cc(Cl)cc2c1=O. The highest BCUT2D eigenvalue weighted by Gasteiger charge is 2.20. The van der Waals surface area contributed by atoms with E-state index in [0.29, 0.717) is 10.5 Å². The van der Waals surface area contributed by atoms with E-state index in [1.807, 2.05) is 0 Å². The number of benzene rings is 2. The van der Waals surface area contributed by atoms with Crippen molar-refractivity contribution in [3.63, 3.8) is 0 Å². The van der Waals surface area contributed by atoms with Crippen LogP contribution in [0.15, 0.2) is 35.1 Å². The zero-order valence-corrected chi connectivity index (χ0v) is 15.7. The molecule has 5 nitrogen and oxygen atoms in total. The maximum absolute atomic E-state index is 12.9. The second-order valence-corrected chi connectivity index (χ2v) is 6.70. The largest absolute Gasteiger partial charge is 0.496 e. The van der Waals surface area contributed by atoms with E-state index in [1.54, 1.807) is 6.07 Å². The van der Waals surface area contributed by atoms with Crippen molar-refractivity contribution in [1.82, 2.24) is 9.55 Å². The van der Waals surface area contributed by atoms with Crippen molar-refractivity contribution in [1.29, 1.82) is 0 Å². The zero-order valence-electron chi connectivity index (χ0n) is 12.6. The fraction of sp³-hybridized carbons (Fsp3) is 0.0625. The van der Waals surface area contributed by atoms with Crippen molar-refractivity contribution in [2.45, 2.75) is 0 Å². The summed E-state index contributed by atoms with van der Waals surface area (Å²) in [5.41, 5.74) is -0.234. The molecule has 1 heterocycles. The summed E-state index contributed by atoms with van der Waals surface area (Å²) in [5.74, 6) is -0.413. The number of aromatic nitrogens is 2. The molecule has 0 amide bonds. The normalized spacial score (nSPS) is 10.9. The van der Waals surface area contributed by atoms with Gasteiger partial charge in [0.25, 0.3) is 11.5 Å². The van der Waals surface area contributed by atoms with Crippen LogP contribution in [0, 0.1) is 4.77 Å². The number of fused-ring (bicyclic) bond motifs is 1. The highest BCUT2D eigenvalue weighted by atomic mass is 35.5. The van der Waals surface area contributed by atoms with Gasteiger partial charge in [0.1, 0.15) is 5.75 Å². The van der Waals surface area contributed by atoms with Crippen LogP contribution in [0.3, 0.4) is 0 Å². The van der Waals surface area contributed by atoms with Gasteiger partial charge in [-0.2, -0.15) is 0 Å². The monoisotopic (exact) mass is 414 g/mol. The molecule has 1 N–H and O–H groups in total. The number of hydrogen-bond acceptors (Lipinski definition) is 4. The second kappa shape index (κ2) is 6.80. The van der Waals surface area contributed by atoms with Crippen LogP contribution < -0.4 is 10.3 Å². The van der Waals surface area contributed by atoms with Gasteiger partial charge in [0.05, 0.1) is 28.6 Å². The summed E-state index contributed by atoms with van der Waals surface area (Å²) < 4.78 is 5.88. The Labute approximate surface area is 161 Å². The van der Waals surface area contributed by atoms with Crippen molar-refractivity contribution in [3.05, 3.63) is 66.1 Å². The molecule has 0 aliphatic heterocycles. The molecule has 2 aromatic carbocycles. The summed E-state index contributed by atoms with van der Waals surface area (Å²) in [6.45, 7) is 0. The van der Waals surface area contributed by atoms with Gasteiger partial charge in [-0.15, -0.1) is 0 Å². The second-order valence-electron chi connectivity index (χ2n) is 5.03. The van der Waals surface area contributed by atoms with Crippen LogP contribution in [-0.4, -0.2) is 22.6 Å². The Morgan fingerprint density at radius 3 is 2.56 bits per heavy atom. The smallest absolute Gasteiger partial charge is 0.270 e. The Hall–Kier alpha value is -1.86. The number of hydrogen-bond donors (Lipinski definition) is 1. The first-order valence-electron chi connectivity index (χ1n) is 6.86. The lowest BCUT2D eigenvalue weighted by Gasteiger charge is -2.11. The van der Waals surface area contributed by atoms with Gasteiger partial charge in [-0.05, 0) is 42.5 Å². The van der Waals surface area contributed by atoms with E-state index in [2.05, 4.69) is 4.98 Å². The van der Waals surface area contributed by atoms with Gasteiger partial charge in [0.15, 0.2) is 4.77 Å². The maximum atomic E-state index is 12.9. The molecule has 0 saturated carbocycles. The van der Waals surface area contributed by atoms with Gasteiger partial charge < -0.3 is 9.72 Å². The standard InChI is InChI=1S/C16H9Cl3N2O3S/c1-24-12-3-2-7(17)4-9(12)14(22)21-15(23)10-5-8(18)6-11(19)13(10)20-16(21)25/h2-6H,1H3,(H,20,25). The molecule has 3 rings (SSSR count). The lowest BCUT2D eigenvalue weighted by atomic mass is 10.1. The number of nitrogens with one attached hydrogen (secondary N) is 1. The van der Waals surface area contributed by atoms with Crippen LogP contribution in [0.1, 0.15) is 10.4 Å². The minimum absolute atomic E-state index is 0.101. The summed E-state index contributed by atoms with van der Waals surface area (Å²) in [5, 5.41) is 0.949. The van der Waals surface area contributed by atoms with Gasteiger partial charge in [0, 0.05) is 10.0 Å². The molecule has 0 saturated heterocycles. The van der Waals surface area contributed by atoms with Crippen LogP contribution >= 0.6 is 47.0 Å². The Bertz CT molecular complexity index is 1140. The Morgan fingerprint density at radius 2 is 1.88 bits per heavy atom. The first-order valence-corrected chi connectivity index (χ1v) is 8.40. The predicted octanol–water partition coefficient (Wildman–Crippen LogP) is 4.72. The molecule has 9 heteroatoms. The molecule has 25 heavy (non-hydrogen) atoms. The number of nitrogens with zero attached hydrogens (tertiary/aromatic N) is 1. The summed E-state index contributed by atoms with van der Waals surface area (Å²) in [6.07, 6.45) is 0. The molecular formula is C16H9Cl3N2O3S. The van der Waals surface area contributed by atoms with E-state index in [0.717, 1.165) is 4.57 Å². The van der Waals surface area contributed by atoms with Crippen LogP contribution in [0.2, 0.25) is 15.1 Å². The van der Waals surface area contributed by atoms with Gasteiger partial charge in [-0.3, -0.25) is 9.59 Å². The van der Waals surface area contributed by atoms with Gasteiger partial charge >= 0.3 is 0 Å². The molecule has 1 aromatic heterocycles. The maximum Gasteiger partial charge on any atom is 0.270 e. The Morgan fingerprint density at radius 1 is 1.16 bits per heavy atom. The van der Waals surface area contributed by atoms with Gasteiger partial charge in [-0.25, -0.2) is 4.57 Å². The third-order valence-corrected chi connectivity index (χ3v) is 4.55. The predicted molar refractivity (Wildman–Crippen MR) is 101 cm³/mol. The average Bonchev–Trinajstić information content (AvgIpc) is 2.56. The molecule has 0 aliphatic carbocycles. The zero-order chi connectivity index (χ0) is 18.3. The van der Waals surface area contributed by atoms with Gasteiger partial charge in [0.2, 0.25) is 0 Å². The first kappa shape index (κ1) is 17.9.